The lowest BCUT2D eigenvalue weighted by Gasteiger charge is -2.14. The van der Waals surface area contributed by atoms with Gasteiger partial charge in [-0.15, -0.1) is 0 Å². The highest BCUT2D eigenvalue weighted by Crippen LogP contribution is 2.32. The van der Waals surface area contributed by atoms with Crippen LogP contribution < -0.4 is 16.4 Å². The van der Waals surface area contributed by atoms with Crippen molar-refractivity contribution in [1.29, 1.82) is 0 Å². The highest BCUT2D eigenvalue weighted by molar-refractivity contribution is 9.10. The van der Waals surface area contributed by atoms with Crippen LogP contribution in [0.3, 0.4) is 0 Å². The van der Waals surface area contributed by atoms with Gasteiger partial charge in [-0.05, 0) is 46.6 Å². The molecule has 1 aromatic heterocycles. The van der Waals surface area contributed by atoms with Crippen molar-refractivity contribution in [1.82, 2.24) is 9.97 Å². The first kappa shape index (κ1) is 21.9. The molecular weight excluding hydrogens is 501 g/mol. The van der Waals surface area contributed by atoms with E-state index in [4.69, 9.17) is 16.4 Å². The molecule has 3 aromatic rings. The van der Waals surface area contributed by atoms with Gasteiger partial charge in [-0.1, -0.05) is 18.2 Å². The molecule has 156 valence electrons. The van der Waals surface area contributed by atoms with E-state index in [1.807, 2.05) is 0 Å². The molecule has 0 atom stereocenters. The number of aromatic nitrogens is 2. The smallest absolute Gasteiger partial charge is 0.263 e. The van der Waals surface area contributed by atoms with Gasteiger partial charge in [-0.25, -0.2) is 17.8 Å². The topological polar surface area (TPSA) is 127 Å². The average Bonchev–Trinajstić information content (AvgIpc) is 2.65. The number of benzene rings is 2. The minimum Gasteiger partial charge on any atom is -0.365 e. The molecule has 0 bridgehead atoms. The van der Waals surface area contributed by atoms with E-state index in [-0.39, 0.29) is 33.6 Å². The molecule has 1 amide bonds. The molecule has 0 aliphatic rings. The molecule has 8 nitrogen and oxygen atoms in total. The van der Waals surface area contributed by atoms with E-state index in [0.29, 0.717) is 10.0 Å². The number of hydrogen-bond donors (Lipinski definition) is 3. The molecule has 0 saturated heterocycles. The SMILES string of the molecule is Cc1cccc(S(=O)(=O)Cl)c1Nc1ncc(Br)c(Nc2cccc(F)c2C(N)=O)n1. The highest BCUT2D eigenvalue weighted by atomic mass is 79.9. The largest absolute Gasteiger partial charge is 0.365 e. The second-order valence-corrected chi connectivity index (χ2v) is 9.44. The molecule has 3 rings (SSSR count). The van der Waals surface area contributed by atoms with Crippen LogP contribution in [0.5, 0.6) is 0 Å². The van der Waals surface area contributed by atoms with Gasteiger partial charge >= 0.3 is 0 Å². The Morgan fingerprint density at radius 3 is 2.57 bits per heavy atom. The van der Waals surface area contributed by atoms with E-state index in [0.717, 1.165) is 6.07 Å². The third kappa shape index (κ3) is 4.69. The third-order valence-electron chi connectivity index (χ3n) is 3.99. The van der Waals surface area contributed by atoms with Crippen molar-refractivity contribution < 1.29 is 17.6 Å². The van der Waals surface area contributed by atoms with Crippen LogP contribution in [-0.2, 0) is 9.05 Å². The van der Waals surface area contributed by atoms with E-state index >= 15 is 0 Å². The van der Waals surface area contributed by atoms with Crippen LogP contribution in [0.25, 0.3) is 0 Å². The Bertz CT molecular complexity index is 1260. The zero-order valence-electron chi connectivity index (χ0n) is 15.3. The number of rotatable bonds is 6. The van der Waals surface area contributed by atoms with Crippen LogP contribution in [0.2, 0.25) is 0 Å². The fourth-order valence-electron chi connectivity index (χ4n) is 2.64. The van der Waals surface area contributed by atoms with Crippen molar-refractivity contribution >= 4 is 64.7 Å². The summed E-state index contributed by atoms with van der Waals surface area (Å²) in [6, 6.07) is 8.58. The average molecular weight is 515 g/mol. The zero-order valence-corrected chi connectivity index (χ0v) is 18.4. The molecule has 1 heterocycles. The summed E-state index contributed by atoms with van der Waals surface area (Å²) < 4.78 is 38.2. The molecule has 4 N–H and O–H groups in total. The van der Waals surface area contributed by atoms with E-state index in [1.165, 1.54) is 24.4 Å². The predicted octanol–water partition coefficient (Wildman–Crippen LogP) is 4.20. The molecule has 12 heteroatoms. The summed E-state index contributed by atoms with van der Waals surface area (Å²) in [6.07, 6.45) is 1.40. The Kier molecular flexibility index (Phi) is 6.25. The molecule has 0 radical (unpaired) electrons. The number of amides is 1. The van der Waals surface area contributed by atoms with Gasteiger partial charge in [-0.3, -0.25) is 4.79 Å². The van der Waals surface area contributed by atoms with Gasteiger partial charge in [0.25, 0.3) is 15.0 Å². The van der Waals surface area contributed by atoms with E-state index in [2.05, 4.69) is 36.5 Å². The second kappa shape index (κ2) is 8.54. The van der Waals surface area contributed by atoms with Gasteiger partial charge in [0.05, 0.1) is 21.4 Å². The lowest BCUT2D eigenvalue weighted by molar-refractivity contribution is 0.0997. The fourth-order valence-corrected chi connectivity index (χ4v) is 4.01. The number of aryl methyl sites for hydroxylation is 1. The molecule has 0 aliphatic carbocycles. The van der Waals surface area contributed by atoms with Crippen molar-refractivity contribution in [2.45, 2.75) is 11.8 Å². The minimum atomic E-state index is -4.03. The lowest BCUT2D eigenvalue weighted by atomic mass is 10.1. The second-order valence-electron chi connectivity index (χ2n) is 6.05. The molecule has 0 aliphatic heterocycles. The number of carbonyl (C=O) groups excluding carboxylic acids is 1. The number of nitrogens with zero attached hydrogens (tertiary/aromatic N) is 2. The molecule has 2 aromatic carbocycles. The molecule has 0 unspecified atom stereocenters. The van der Waals surface area contributed by atoms with Crippen LogP contribution in [0.1, 0.15) is 15.9 Å². The van der Waals surface area contributed by atoms with E-state index < -0.39 is 20.8 Å². The molecular formula is C18H14BrClFN5O3S. The van der Waals surface area contributed by atoms with Gasteiger partial charge in [0.1, 0.15) is 16.5 Å². The number of primary amides is 1. The summed E-state index contributed by atoms with van der Waals surface area (Å²) in [5, 5.41) is 5.66. The van der Waals surface area contributed by atoms with Crippen LogP contribution in [0.15, 0.2) is 52.0 Å². The summed E-state index contributed by atoms with van der Waals surface area (Å²) in [5.74, 6) is -1.51. The Morgan fingerprint density at radius 2 is 1.90 bits per heavy atom. The van der Waals surface area contributed by atoms with Crippen molar-refractivity contribution in [2.24, 2.45) is 5.73 Å². The molecule has 30 heavy (non-hydrogen) atoms. The first-order valence-electron chi connectivity index (χ1n) is 8.27. The maximum atomic E-state index is 14.0. The Morgan fingerprint density at radius 1 is 1.20 bits per heavy atom. The fraction of sp³-hybridized carbons (Fsp3) is 0.0556. The standard InChI is InChI=1S/C18H14BrClFN5O3S/c1-9-4-2-7-13(30(20,28)29)15(9)25-18-23-8-10(19)17(26-18)24-12-6-3-5-11(21)14(12)16(22)27/h2-8H,1H3,(H2,22,27)(H2,23,24,25,26). The number of hydrogen-bond acceptors (Lipinski definition) is 7. The lowest BCUT2D eigenvalue weighted by Crippen LogP contribution is -2.16. The summed E-state index contributed by atoms with van der Waals surface area (Å²) in [5.41, 5.74) is 5.85. The van der Waals surface area contributed by atoms with Crippen LogP contribution in [0, 0.1) is 12.7 Å². The van der Waals surface area contributed by atoms with Crippen LogP contribution in [-0.4, -0.2) is 24.3 Å². The first-order chi connectivity index (χ1) is 14.1. The maximum absolute atomic E-state index is 14.0. The summed E-state index contributed by atoms with van der Waals surface area (Å²) >= 11 is 3.27. The normalized spacial score (nSPS) is 11.2. The Balaban J connectivity index is 2.01. The van der Waals surface area contributed by atoms with E-state index in [1.54, 1.807) is 19.1 Å². The van der Waals surface area contributed by atoms with Crippen LogP contribution in [0.4, 0.5) is 27.5 Å². The maximum Gasteiger partial charge on any atom is 0.263 e. The highest BCUT2D eigenvalue weighted by Gasteiger charge is 2.19. The van der Waals surface area contributed by atoms with Gasteiger partial charge in [0.2, 0.25) is 5.95 Å². The summed E-state index contributed by atoms with van der Waals surface area (Å²) in [7, 11) is 1.49. The van der Waals surface area contributed by atoms with Gasteiger partial charge in [-0.2, -0.15) is 4.98 Å². The summed E-state index contributed by atoms with van der Waals surface area (Å²) in [4.78, 5) is 19.8. The molecule has 0 fully saturated rings. The predicted molar refractivity (Wildman–Crippen MR) is 115 cm³/mol. The van der Waals surface area contributed by atoms with Crippen LogP contribution >= 0.6 is 26.6 Å². The summed E-state index contributed by atoms with van der Waals surface area (Å²) in [6.45, 7) is 1.69. The molecule has 0 spiro atoms. The Hall–Kier alpha value is -2.76. The number of nitrogens with one attached hydrogen (secondary N) is 2. The zero-order chi connectivity index (χ0) is 22.1. The van der Waals surface area contributed by atoms with Crippen molar-refractivity contribution in [3.63, 3.8) is 0 Å². The number of carbonyl (C=O) groups is 1. The van der Waals surface area contributed by atoms with Crippen molar-refractivity contribution in [3.05, 3.63) is 64.0 Å². The first-order valence-corrected chi connectivity index (χ1v) is 11.4. The molecule has 0 saturated carbocycles. The quantitative estimate of drug-likeness (QED) is 0.421. The monoisotopic (exact) mass is 513 g/mol. The Labute approximate surface area is 184 Å². The van der Waals surface area contributed by atoms with E-state index in [9.17, 15) is 17.6 Å². The van der Waals surface area contributed by atoms with Gasteiger partial charge < -0.3 is 16.4 Å². The number of nitrogens with two attached hydrogens (primary N) is 1. The number of anilines is 4. The number of halogens is 3. The van der Waals surface area contributed by atoms with Crippen molar-refractivity contribution in [3.8, 4) is 0 Å². The minimum absolute atomic E-state index is 0.0357. The van der Waals surface area contributed by atoms with Gasteiger partial charge in [0.15, 0.2) is 0 Å². The van der Waals surface area contributed by atoms with Gasteiger partial charge in [0, 0.05) is 16.9 Å². The van der Waals surface area contributed by atoms with Crippen molar-refractivity contribution in [2.75, 3.05) is 10.6 Å². The number of para-hydroxylation sites is 1. The third-order valence-corrected chi connectivity index (χ3v) is 5.94.